The highest BCUT2D eigenvalue weighted by molar-refractivity contribution is 5.66. The minimum absolute atomic E-state index is 0.171. The summed E-state index contributed by atoms with van der Waals surface area (Å²) in [7, 11) is 0. The van der Waals surface area contributed by atoms with Gasteiger partial charge in [0.15, 0.2) is 0 Å². The number of rotatable bonds is 7. The Morgan fingerprint density at radius 2 is 1.54 bits per heavy atom. The van der Waals surface area contributed by atoms with Gasteiger partial charge in [0.05, 0.1) is 11.6 Å². The molecule has 0 N–H and O–H groups in total. The van der Waals surface area contributed by atoms with Gasteiger partial charge in [-0.05, 0) is 23.3 Å². The molecule has 0 heterocycles. The largest absolute Gasteiger partial charge is 0.461 e. The molecule has 1 aromatic rings. The Balaban J connectivity index is 3.51. The van der Waals surface area contributed by atoms with Gasteiger partial charge < -0.3 is 4.74 Å². The van der Waals surface area contributed by atoms with Crippen molar-refractivity contribution in [2.45, 2.75) is 37.0 Å². The summed E-state index contributed by atoms with van der Waals surface area (Å²) in [5.41, 5.74) is -6.64. The van der Waals surface area contributed by atoms with Crippen LogP contribution in [0.4, 0.5) is 35.1 Å². The van der Waals surface area contributed by atoms with Crippen LogP contribution in [0.25, 0.3) is 0 Å². The van der Waals surface area contributed by atoms with Crippen LogP contribution in [0.15, 0.2) is 36.4 Å². The van der Waals surface area contributed by atoms with Gasteiger partial charge in [-0.2, -0.15) is 36.0 Å². The van der Waals surface area contributed by atoms with Crippen molar-refractivity contribution in [1.82, 2.24) is 0 Å². The number of benzene rings is 1. The standard InChI is InChI=1S/C17H13F8NO2/c1-10(9-28-11(2)27)7-14(18,13-5-3-12(8-26)4-6-13)15(19,20)16(21,22)17(23,24)25/h3-6H,1,7,9H2,2H3. The fourth-order valence-electron chi connectivity index (χ4n) is 2.23. The Kier molecular flexibility index (Phi) is 6.49. The predicted octanol–water partition coefficient (Wildman–Crippen LogP) is 5.07. The number of halogens is 8. The second-order valence-corrected chi connectivity index (χ2v) is 5.84. The first-order chi connectivity index (χ1) is 12.6. The lowest BCUT2D eigenvalue weighted by Crippen LogP contribution is -2.61. The maximum absolute atomic E-state index is 15.3. The second kappa shape index (κ2) is 7.77. The zero-order chi connectivity index (χ0) is 22.0. The summed E-state index contributed by atoms with van der Waals surface area (Å²) < 4.78 is 113. The second-order valence-electron chi connectivity index (χ2n) is 5.84. The van der Waals surface area contributed by atoms with Crippen LogP contribution in [-0.4, -0.2) is 30.6 Å². The molecule has 0 amide bonds. The van der Waals surface area contributed by atoms with Crippen LogP contribution in [0.2, 0.25) is 0 Å². The van der Waals surface area contributed by atoms with Gasteiger partial charge in [0.25, 0.3) is 0 Å². The highest BCUT2D eigenvalue weighted by Gasteiger charge is 2.80. The first-order valence-corrected chi connectivity index (χ1v) is 7.42. The number of esters is 1. The van der Waals surface area contributed by atoms with Gasteiger partial charge in [0.1, 0.15) is 6.61 Å². The van der Waals surface area contributed by atoms with Gasteiger partial charge in [-0.25, -0.2) is 4.39 Å². The van der Waals surface area contributed by atoms with Crippen LogP contribution >= 0.6 is 0 Å². The maximum atomic E-state index is 15.3. The number of hydrogen-bond donors (Lipinski definition) is 0. The summed E-state index contributed by atoms with van der Waals surface area (Å²) in [5.74, 6) is -13.9. The molecule has 0 aliphatic carbocycles. The smallest absolute Gasteiger partial charge is 0.460 e. The number of ether oxygens (including phenoxy) is 1. The molecule has 0 bridgehead atoms. The molecule has 0 saturated heterocycles. The molecular weight excluding hydrogens is 402 g/mol. The zero-order valence-corrected chi connectivity index (χ0v) is 14.2. The molecular formula is C17H13F8NO2. The third-order valence-corrected chi connectivity index (χ3v) is 3.69. The fourth-order valence-corrected chi connectivity index (χ4v) is 2.23. The van der Waals surface area contributed by atoms with Crippen molar-refractivity contribution >= 4 is 5.97 Å². The third-order valence-electron chi connectivity index (χ3n) is 3.69. The first kappa shape index (κ1) is 23.4. The third kappa shape index (κ3) is 4.26. The van der Waals surface area contributed by atoms with E-state index in [-0.39, 0.29) is 5.56 Å². The van der Waals surface area contributed by atoms with Crippen LogP contribution in [-0.2, 0) is 15.2 Å². The number of nitrogens with zero attached hydrogens (tertiary/aromatic N) is 1. The molecule has 28 heavy (non-hydrogen) atoms. The molecule has 0 radical (unpaired) electrons. The number of carbonyl (C=O) groups excluding carboxylic acids is 1. The Morgan fingerprint density at radius 3 is 1.93 bits per heavy atom. The molecule has 0 aromatic heterocycles. The highest BCUT2D eigenvalue weighted by atomic mass is 19.4. The van der Waals surface area contributed by atoms with E-state index in [1.165, 1.54) is 0 Å². The highest BCUT2D eigenvalue weighted by Crippen LogP contribution is 2.57. The Hall–Kier alpha value is -2.64. The lowest BCUT2D eigenvalue weighted by atomic mass is 9.80. The van der Waals surface area contributed by atoms with Gasteiger partial charge in [0.2, 0.25) is 5.67 Å². The van der Waals surface area contributed by atoms with Gasteiger partial charge in [-0.1, -0.05) is 18.7 Å². The fraction of sp³-hybridized carbons (Fsp3) is 0.412. The first-order valence-electron chi connectivity index (χ1n) is 7.42. The van der Waals surface area contributed by atoms with Gasteiger partial charge in [-0.15, -0.1) is 0 Å². The molecule has 0 fully saturated rings. The number of carbonyl (C=O) groups is 1. The van der Waals surface area contributed by atoms with E-state index in [1.807, 2.05) is 0 Å². The summed E-state index contributed by atoms with van der Waals surface area (Å²) >= 11 is 0. The van der Waals surface area contributed by atoms with Gasteiger partial charge >= 0.3 is 24.0 Å². The summed E-state index contributed by atoms with van der Waals surface area (Å²) in [6, 6.07) is 4.11. The van der Waals surface area contributed by atoms with Crippen LogP contribution in [0.5, 0.6) is 0 Å². The summed E-state index contributed by atoms with van der Waals surface area (Å²) in [6.45, 7) is 3.14. The van der Waals surface area contributed by atoms with Crippen molar-refractivity contribution in [1.29, 1.82) is 5.26 Å². The Bertz CT molecular complexity index is 780. The van der Waals surface area contributed by atoms with E-state index in [0.717, 1.165) is 19.1 Å². The number of nitriles is 1. The number of alkyl halides is 8. The quantitative estimate of drug-likeness (QED) is 0.355. The van der Waals surface area contributed by atoms with E-state index >= 15 is 4.39 Å². The minimum atomic E-state index is -6.75. The zero-order valence-electron chi connectivity index (χ0n) is 14.2. The van der Waals surface area contributed by atoms with Crippen molar-refractivity contribution in [2.75, 3.05) is 6.61 Å². The summed E-state index contributed by atoms with van der Waals surface area (Å²) in [6.07, 6.45) is -8.46. The van der Waals surface area contributed by atoms with Crippen molar-refractivity contribution in [3.8, 4) is 6.07 Å². The lowest BCUT2D eigenvalue weighted by Gasteiger charge is -2.39. The molecule has 1 aromatic carbocycles. The Morgan fingerprint density at radius 1 is 1.04 bits per heavy atom. The maximum Gasteiger partial charge on any atom is 0.460 e. The molecule has 1 atom stereocenters. The molecule has 3 nitrogen and oxygen atoms in total. The van der Waals surface area contributed by atoms with Crippen molar-refractivity contribution in [2.24, 2.45) is 0 Å². The van der Waals surface area contributed by atoms with Crippen molar-refractivity contribution in [3.05, 3.63) is 47.5 Å². The molecule has 154 valence electrons. The molecule has 0 saturated carbocycles. The van der Waals surface area contributed by atoms with Crippen molar-refractivity contribution in [3.63, 3.8) is 0 Å². The predicted molar refractivity (Wildman–Crippen MR) is 80.3 cm³/mol. The lowest BCUT2D eigenvalue weighted by molar-refractivity contribution is -0.382. The van der Waals surface area contributed by atoms with E-state index in [9.17, 15) is 35.5 Å². The normalized spacial score (nSPS) is 14.7. The SMILES string of the molecule is C=C(COC(C)=O)CC(F)(c1ccc(C#N)cc1)C(F)(F)C(F)(F)C(F)(F)F. The van der Waals surface area contributed by atoms with Gasteiger partial charge in [-0.3, -0.25) is 4.79 Å². The molecule has 1 rings (SSSR count). The molecule has 1 unspecified atom stereocenters. The van der Waals surface area contributed by atoms with E-state index < -0.39 is 53.8 Å². The van der Waals surface area contributed by atoms with Gasteiger partial charge in [0, 0.05) is 13.3 Å². The monoisotopic (exact) mass is 415 g/mol. The van der Waals surface area contributed by atoms with Crippen LogP contribution in [0, 0.1) is 11.3 Å². The van der Waals surface area contributed by atoms with E-state index in [0.29, 0.717) is 12.1 Å². The van der Waals surface area contributed by atoms with E-state index in [1.54, 1.807) is 6.07 Å². The van der Waals surface area contributed by atoms with Crippen LogP contribution in [0.1, 0.15) is 24.5 Å². The molecule has 0 aliphatic rings. The molecule has 0 spiro atoms. The average Bonchev–Trinajstić information content (AvgIpc) is 2.58. The van der Waals surface area contributed by atoms with Crippen molar-refractivity contribution < 1.29 is 44.7 Å². The summed E-state index contributed by atoms with van der Waals surface area (Å²) in [4.78, 5) is 10.7. The molecule has 0 aliphatic heterocycles. The minimum Gasteiger partial charge on any atom is -0.461 e. The molecule has 11 heteroatoms. The Labute approximate surface area is 154 Å². The van der Waals surface area contributed by atoms with E-state index in [2.05, 4.69) is 11.3 Å². The summed E-state index contributed by atoms with van der Waals surface area (Å²) in [5, 5.41) is 8.67. The topological polar surface area (TPSA) is 50.1 Å². The number of hydrogen-bond acceptors (Lipinski definition) is 3. The van der Waals surface area contributed by atoms with E-state index in [4.69, 9.17) is 5.26 Å². The van der Waals surface area contributed by atoms with Crippen LogP contribution in [0.3, 0.4) is 0 Å². The average molecular weight is 415 g/mol. The van der Waals surface area contributed by atoms with Crippen LogP contribution < -0.4 is 0 Å².